The maximum atomic E-state index is 12.0. The molecule has 0 saturated heterocycles. The van der Waals surface area contributed by atoms with Crippen molar-refractivity contribution in [2.24, 2.45) is 5.73 Å². The molecule has 4 rings (SSSR count). The van der Waals surface area contributed by atoms with Crippen LogP contribution in [0.5, 0.6) is 11.5 Å². The molecule has 0 amide bonds. The molecule has 0 bridgehead atoms. The first-order valence-electron chi connectivity index (χ1n) is 8.44. The third-order valence-electron chi connectivity index (χ3n) is 4.79. The average molecular weight is 391 g/mol. The molecule has 0 radical (unpaired) electrons. The van der Waals surface area contributed by atoms with E-state index in [0.29, 0.717) is 11.1 Å². The van der Waals surface area contributed by atoms with Crippen LogP contribution in [-0.2, 0) is 0 Å². The van der Waals surface area contributed by atoms with Gasteiger partial charge in [0.15, 0.2) is 0 Å². The maximum Gasteiger partial charge on any atom is 0.336 e. The van der Waals surface area contributed by atoms with Gasteiger partial charge in [-0.2, -0.15) is 5.26 Å². The number of nitro benzene ring substituents is 1. The van der Waals surface area contributed by atoms with Crippen LogP contribution in [0.15, 0.2) is 57.1 Å². The van der Waals surface area contributed by atoms with Gasteiger partial charge in [0.1, 0.15) is 28.7 Å². The van der Waals surface area contributed by atoms with Gasteiger partial charge in [-0.3, -0.25) is 10.1 Å². The molecule has 1 aromatic heterocycles. The molecule has 1 aliphatic rings. The summed E-state index contributed by atoms with van der Waals surface area (Å²) < 4.78 is 10.9. The summed E-state index contributed by atoms with van der Waals surface area (Å²) in [5.74, 6) is -1.19. The molecule has 144 valence electrons. The first kappa shape index (κ1) is 18.1. The second-order valence-corrected chi connectivity index (χ2v) is 6.54. The number of hydrogen-bond acceptors (Lipinski definition) is 8. The molecule has 9 nitrogen and oxygen atoms in total. The van der Waals surface area contributed by atoms with Crippen molar-refractivity contribution in [3.8, 4) is 17.6 Å². The highest BCUT2D eigenvalue weighted by atomic mass is 16.6. The molecule has 0 fully saturated rings. The molecule has 0 aliphatic carbocycles. The number of hydrogen-bond donors (Lipinski definition) is 2. The van der Waals surface area contributed by atoms with Crippen LogP contribution >= 0.6 is 0 Å². The molecule has 1 atom stereocenters. The van der Waals surface area contributed by atoms with Crippen molar-refractivity contribution in [2.75, 3.05) is 0 Å². The van der Waals surface area contributed by atoms with Crippen LogP contribution < -0.4 is 16.1 Å². The minimum atomic E-state index is -0.892. The first-order chi connectivity index (χ1) is 13.8. The van der Waals surface area contributed by atoms with E-state index < -0.39 is 16.5 Å². The van der Waals surface area contributed by atoms with Crippen molar-refractivity contribution in [3.63, 3.8) is 0 Å². The third-order valence-corrected chi connectivity index (χ3v) is 4.79. The monoisotopic (exact) mass is 391 g/mol. The molecule has 1 unspecified atom stereocenters. The number of nitrogens with zero attached hydrogens (tertiary/aromatic N) is 2. The minimum Gasteiger partial charge on any atom is -0.507 e. The van der Waals surface area contributed by atoms with Crippen molar-refractivity contribution in [3.05, 3.63) is 85.1 Å². The Morgan fingerprint density at radius 2 is 2.07 bits per heavy atom. The smallest absolute Gasteiger partial charge is 0.336 e. The summed E-state index contributed by atoms with van der Waals surface area (Å²) in [5, 5.41) is 31.6. The SMILES string of the molecule is Cc1cc(=O)oc2c3c(cc(O)c12)OC(N)=C(C#N)C3c1cccc([N+](=O)[O-])c1. The summed E-state index contributed by atoms with van der Waals surface area (Å²) in [6.45, 7) is 1.63. The number of aryl methyl sites for hydroxylation is 1. The molecular weight excluding hydrogens is 378 g/mol. The minimum absolute atomic E-state index is 0.00847. The Labute approximate surface area is 163 Å². The number of rotatable bonds is 2. The van der Waals surface area contributed by atoms with Crippen LogP contribution in [0.2, 0.25) is 0 Å². The van der Waals surface area contributed by atoms with Crippen LogP contribution in [-0.4, -0.2) is 10.0 Å². The normalized spacial score (nSPS) is 15.5. The summed E-state index contributed by atoms with van der Waals surface area (Å²) in [4.78, 5) is 22.7. The lowest BCUT2D eigenvalue weighted by Crippen LogP contribution is -2.21. The molecule has 1 aliphatic heterocycles. The van der Waals surface area contributed by atoms with Gasteiger partial charge in [0.25, 0.3) is 5.69 Å². The summed E-state index contributed by atoms with van der Waals surface area (Å²) in [6.07, 6.45) is 0. The number of allylic oxidation sites excluding steroid dienone is 1. The van der Waals surface area contributed by atoms with E-state index in [4.69, 9.17) is 14.9 Å². The second kappa shape index (κ2) is 6.38. The molecule has 0 saturated carbocycles. The molecule has 3 aromatic rings. The number of nitro groups is 1. The van der Waals surface area contributed by atoms with Gasteiger partial charge in [-0.1, -0.05) is 12.1 Å². The zero-order valence-electron chi connectivity index (χ0n) is 15.0. The van der Waals surface area contributed by atoms with E-state index >= 15 is 0 Å². The fourth-order valence-electron chi connectivity index (χ4n) is 3.59. The topological polar surface area (TPSA) is 153 Å². The van der Waals surface area contributed by atoms with Crippen molar-refractivity contribution >= 4 is 16.7 Å². The Morgan fingerprint density at radius 1 is 1.31 bits per heavy atom. The summed E-state index contributed by atoms with van der Waals surface area (Å²) in [7, 11) is 0. The Morgan fingerprint density at radius 3 is 2.76 bits per heavy atom. The fourth-order valence-corrected chi connectivity index (χ4v) is 3.59. The van der Waals surface area contributed by atoms with E-state index in [0.717, 1.165) is 0 Å². The van der Waals surface area contributed by atoms with Gasteiger partial charge in [0.05, 0.1) is 21.8 Å². The van der Waals surface area contributed by atoms with Gasteiger partial charge >= 0.3 is 5.63 Å². The molecule has 29 heavy (non-hydrogen) atoms. The van der Waals surface area contributed by atoms with Gasteiger partial charge in [0, 0.05) is 24.3 Å². The van der Waals surface area contributed by atoms with E-state index in [9.17, 15) is 25.3 Å². The highest BCUT2D eigenvalue weighted by molar-refractivity contribution is 5.92. The second-order valence-electron chi connectivity index (χ2n) is 6.54. The maximum absolute atomic E-state index is 12.0. The van der Waals surface area contributed by atoms with Crippen LogP contribution in [0.25, 0.3) is 11.0 Å². The molecule has 0 spiro atoms. The van der Waals surface area contributed by atoms with E-state index in [1.54, 1.807) is 13.0 Å². The van der Waals surface area contributed by atoms with Gasteiger partial charge < -0.3 is 20.0 Å². The number of fused-ring (bicyclic) bond motifs is 3. The lowest BCUT2D eigenvalue weighted by atomic mass is 9.82. The quantitative estimate of drug-likeness (QED) is 0.384. The zero-order valence-corrected chi connectivity index (χ0v) is 15.0. The van der Waals surface area contributed by atoms with Crippen molar-refractivity contribution < 1.29 is 19.2 Å². The van der Waals surface area contributed by atoms with Crippen molar-refractivity contribution in [2.45, 2.75) is 12.8 Å². The lowest BCUT2D eigenvalue weighted by Gasteiger charge is -2.27. The van der Waals surface area contributed by atoms with Gasteiger partial charge in [-0.15, -0.1) is 0 Å². The summed E-state index contributed by atoms with van der Waals surface area (Å²) >= 11 is 0. The van der Waals surface area contributed by atoms with Gasteiger partial charge in [-0.25, -0.2) is 4.79 Å². The zero-order chi connectivity index (χ0) is 20.9. The van der Waals surface area contributed by atoms with Crippen molar-refractivity contribution in [1.29, 1.82) is 5.26 Å². The van der Waals surface area contributed by atoms with E-state index in [1.807, 2.05) is 6.07 Å². The number of ether oxygens (including phenoxy) is 1. The van der Waals surface area contributed by atoms with Crippen LogP contribution in [0.1, 0.15) is 22.6 Å². The predicted molar refractivity (Wildman–Crippen MR) is 101 cm³/mol. The van der Waals surface area contributed by atoms with Gasteiger partial charge in [-0.05, 0) is 18.1 Å². The number of benzene rings is 2. The Bertz CT molecular complexity index is 1330. The molecule has 9 heteroatoms. The third kappa shape index (κ3) is 2.74. The molecule has 3 N–H and O–H groups in total. The number of phenolic OH excluding ortho intramolecular Hbond substituents is 1. The Kier molecular flexibility index (Phi) is 3.98. The number of phenols is 1. The van der Waals surface area contributed by atoms with E-state index in [-0.39, 0.29) is 45.2 Å². The van der Waals surface area contributed by atoms with Crippen LogP contribution in [0, 0.1) is 28.4 Å². The predicted octanol–water partition coefficient (Wildman–Crippen LogP) is 2.93. The molecular formula is C20H13N3O6. The number of nitrogens with two attached hydrogens (primary N) is 1. The fraction of sp³-hybridized carbons (Fsp3) is 0.100. The number of non-ortho nitro benzene ring substituents is 1. The Balaban J connectivity index is 2.13. The molecule has 2 aromatic carbocycles. The van der Waals surface area contributed by atoms with E-state index in [2.05, 4.69) is 0 Å². The highest BCUT2D eigenvalue weighted by Gasteiger charge is 2.35. The standard InChI is InChI=1S/C20H13N3O6/c1-9-5-15(25)29-19-16(9)13(24)7-14-18(19)17(12(8-21)20(22)28-14)10-3-2-4-11(6-10)23(26)27/h2-7,17,24H,22H2,1H3. The number of aromatic hydroxyl groups is 1. The van der Waals surface area contributed by atoms with Crippen LogP contribution in [0.4, 0.5) is 5.69 Å². The highest BCUT2D eigenvalue weighted by Crippen LogP contribution is 2.48. The van der Waals surface area contributed by atoms with Crippen molar-refractivity contribution in [1.82, 2.24) is 0 Å². The average Bonchev–Trinajstić information content (AvgIpc) is 2.66. The van der Waals surface area contributed by atoms with Gasteiger partial charge in [0.2, 0.25) is 5.88 Å². The largest absolute Gasteiger partial charge is 0.507 e. The summed E-state index contributed by atoms with van der Waals surface area (Å²) in [5.41, 5.74) is 6.26. The number of nitriles is 1. The Hall–Kier alpha value is -4.32. The summed E-state index contributed by atoms with van der Waals surface area (Å²) in [6, 6.07) is 10.2. The van der Waals surface area contributed by atoms with Crippen LogP contribution in [0.3, 0.4) is 0 Å². The lowest BCUT2D eigenvalue weighted by molar-refractivity contribution is -0.384. The van der Waals surface area contributed by atoms with E-state index in [1.165, 1.54) is 30.3 Å². The first-order valence-corrected chi connectivity index (χ1v) is 8.44. The molecule has 2 heterocycles.